The smallest absolute Gasteiger partial charge is 0.122 e. The lowest BCUT2D eigenvalue weighted by molar-refractivity contribution is 0.412. The molecule has 0 unspecified atom stereocenters. The Bertz CT molecular complexity index is 555. The number of nitrogens with zero attached hydrogens (tertiary/aromatic N) is 1. The van der Waals surface area contributed by atoms with Crippen LogP contribution in [0.25, 0.3) is 10.9 Å². The monoisotopic (exact) mass is 245 g/mol. The summed E-state index contributed by atoms with van der Waals surface area (Å²) in [5.41, 5.74) is 3.69. The first-order valence-corrected chi connectivity index (χ1v) is 6.41. The average molecular weight is 245 g/mol. The number of ether oxygens (including phenoxy) is 1. The Morgan fingerprint density at radius 2 is 2.00 bits per heavy atom. The molecule has 4 heteroatoms. The second-order valence-corrected chi connectivity index (χ2v) is 4.73. The summed E-state index contributed by atoms with van der Waals surface area (Å²) < 4.78 is 5.42. The van der Waals surface area contributed by atoms with E-state index < -0.39 is 0 Å². The number of piperazine rings is 1. The maximum absolute atomic E-state index is 5.42. The summed E-state index contributed by atoms with van der Waals surface area (Å²) in [7, 11) is 1.73. The molecule has 1 saturated heterocycles. The third-order valence-corrected chi connectivity index (χ3v) is 3.71. The third-order valence-electron chi connectivity index (χ3n) is 3.71. The SMILES string of the molecule is COc1ccc2[nH]cc(N3CCNCC3)c2c1C. The minimum atomic E-state index is 0.957. The molecule has 1 aliphatic rings. The summed E-state index contributed by atoms with van der Waals surface area (Å²) in [6, 6.07) is 4.11. The van der Waals surface area contributed by atoms with Crippen LogP contribution in [0.2, 0.25) is 0 Å². The van der Waals surface area contributed by atoms with Gasteiger partial charge in [-0.3, -0.25) is 0 Å². The fourth-order valence-corrected chi connectivity index (χ4v) is 2.74. The zero-order valence-electron chi connectivity index (χ0n) is 10.9. The first kappa shape index (κ1) is 11.4. The van der Waals surface area contributed by atoms with Crippen molar-refractivity contribution in [3.05, 3.63) is 23.9 Å². The highest BCUT2D eigenvalue weighted by Crippen LogP contribution is 2.34. The molecule has 0 amide bonds. The predicted molar refractivity (Wildman–Crippen MR) is 74.7 cm³/mol. The fourth-order valence-electron chi connectivity index (χ4n) is 2.74. The number of benzene rings is 1. The Morgan fingerprint density at radius 3 is 2.72 bits per heavy atom. The van der Waals surface area contributed by atoms with Gasteiger partial charge in [0.2, 0.25) is 0 Å². The standard InChI is InChI=1S/C14H19N3O/c1-10-13(18-2)4-3-11-14(10)12(9-16-11)17-7-5-15-6-8-17/h3-4,9,15-16H,5-8H2,1-2H3. The van der Waals surface area contributed by atoms with Gasteiger partial charge in [-0.2, -0.15) is 0 Å². The Morgan fingerprint density at radius 1 is 1.22 bits per heavy atom. The Kier molecular flexibility index (Phi) is 2.88. The maximum Gasteiger partial charge on any atom is 0.122 e. The summed E-state index contributed by atoms with van der Waals surface area (Å²) in [5, 5.41) is 4.67. The molecule has 0 aliphatic carbocycles. The molecule has 0 atom stereocenters. The van der Waals surface area contributed by atoms with Gasteiger partial charge in [0, 0.05) is 48.8 Å². The Hall–Kier alpha value is -1.68. The van der Waals surface area contributed by atoms with E-state index in [2.05, 4.69) is 34.4 Å². The van der Waals surface area contributed by atoms with Crippen molar-refractivity contribution >= 4 is 16.6 Å². The van der Waals surface area contributed by atoms with E-state index in [-0.39, 0.29) is 0 Å². The van der Waals surface area contributed by atoms with Crippen LogP contribution in [0.5, 0.6) is 5.75 Å². The summed E-state index contributed by atoms with van der Waals surface area (Å²) in [6.45, 7) is 6.35. The average Bonchev–Trinajstić information content (AvgIpc) is 2.85. The van der Waals surface area contributed by atoms with Crippen LogP contribution in [0.3, 0.4) is 0 Å². The molecule has 4 nitrogen and oxygen atoms in total. The van der Waals surface area contributed by atoms with Gasteiger partial charge in [0.05, 0.1) is 12.8 Å². The van der Waals surface area contributed by atoms with Crippen LogP contribution in [-0.2, 0) is 0 Å². The summed E-state index contributed by atoms with van der Waals surface area (Å²) in [5.74, 6) is 0.957. The van der Waals surface area contributed by atoms with Gasteiger partial charge in [-0.05, 0) is 19.1 Å². The highest BCUT2D eigenvalue weighted by atomic mass is 16.5. The van der Waals surface area contributed by atoms with Crippen molar-refractivity contribution in [3.8, 4) is 5.75 Å². The molecular formula is C14H19N3O. The van der Waals surface area contributed by atoms with E-state index in [0.29, 0.717) is 0 Å². The number of nitrogens with one attached hydrogen (secondary N) is 2. The fraction of sp³-hybridized carbons (Fsp3) is 0.429. The molecule has 3 rings (SSSR count). The number of aryl methyl sites for hydroxylation is 1. The topological polar surface area (TPSA) is 40.3 Å². The van der Waals surface area contributed by atoms with E-state index >= 15 is 0 Å². The van der Waals surface area contributed by atoms with Crippen LogP contribution < -0.4 is 15.0 Å². The molecule has 1 fully saturated rings. The molecule has 1 aromatic carbocycles. The zero-order valence-corrected chi connectivity index (χ0v) is 10.9. The molecule has 1 aliphatic heterocycles. The minimum absolute atomic E-state index is 0.957. The number of rotatable bonds is 2. The van der Waals surface area contributed by atoms with Crippen molar-refractivity contribution in [2.24, 2.45) is 0 Å². The molecule has 0 spiro atoms. The van der Waals surface area contributed by atoms with Crippen LogP contribution in [0.1, 0.15) is 5.56 Å². The third kappa shape index (κ3) is 1.73. The van der Waals surface area contributed by atoms with Crippen molar-refractivity contribution in [1.82, 2.24) is 10.3 Å². The van der Waals surface area contributed by atoms with Crippen LogP contribution in [-0.4, -0.2) is 38.3 Å². The maximum atomic E-state index is 5.42. The zero-order chi connectivity index (χ0) is 12.5. The summed E-state index contributed by atoms with van der Waals surface area (Å²) in [6.07, 6.45) is 2.11. The second-order valence-electron chi connectivity index (χ2n) is 4.73. The molecule has 2 heterocycles. The van der Waals surface area contributed by atoms with E-state index in [1.807, 2.05) is 6.07 Å². The molecule has 2 N–H and O–H groups in total. The number of fused-ring (bicyclic) bond motifs is 1. The van der Waals surface area contributed by atoms with Gasteiger partial charge >= 0.3 is 0 Å². The molecule has 0 saturated carbocycles. The number of methoxy groups -OCH3 is 1. The van der Waals surface area contributed by atoms with E-state index in [4.69, 9.17) is 4.74 Å². The number of anilines is 1. The van der Waals surface area contributed by atoms with Gasteiger partial charge in [0.25, 0.3) is 0 Å². The molecule has 2 aromatic rings. The van der Waals surface area contributed by atoms with Crippen LogP contribution in [0.15, 0.2) is 18.3 Å². The number of hydrogen-bond donors (Lipinski definition) is 2. The number of H-pyrrole nitrogens is 1. The van der Waals surface area contributed by atoms with Crippen molar-refractivity contribution in [3.63, 3.8) is 0 Å². The first-order valence-electron chi connectivity index (χ1n) is 6.41. The van der Waals surface area contributed by atoms with Gasteiger partial charge in [-0.25, -0.2) is 0 Å². The Balaban J connectivity index is 2.11. The van der Waals surface area contributed by atoms with Gasteiger partial charge in [-0.1, -0.05) is 0 Å². The van der Waals surface area contributed by atoms with Crippen molar-refractivity contribution in [2.75, 3.05) is 38.2 Å². The van der Waals surface area contributed by atoms with E-state index in [0.717, 1.165) is 31.9 Å². The van der Waals surface area contributed by atoms with Gasteiger partial charge < -0.3 is 19.9 Å². The molecule has 96 valence electrons. The predicted octanol–water partition coefficient (Wildman–Crippen LogP) is 1.89. The minimum Gasteiger partial charge on any atom is -0.496 e. The van der Waals surface area contributed by atoms with Crippen LogP contribution in [0, 0.1) is 6.92 Å². The van der Waals surface area contributed by atoms with Crippen molar-refractivity contribution < 1.29 is 4.74 Å². The molecule has 0 radical (unpaired) electrons. The summed E-state index contributed by atoms with van der Waals surface area (Å²) in [4.78, 5) is 5.79. The largest absolute Gasteiger partial charge is 0.496 e. The van der Waals surface area contributed by atoms with Crippen molar-refractivity contribution in [1.29, 1.82) is 0 Å². The molecule has 18 heavy (non-hydrogen) atoms. The van der Waals surface area contributed by atoms with Gasteiger partial charge in [0.15, 0.2) is 0 Å². The van der Waals surface area contributed by atoms with E-state index in [9.17, 15) is 0 Å². The van der Waals surface area contributed by atoms with Crippen LogP contribution >= 0.6 is 0 Å². The van der Waals surface area contributed by atoms with E-state index in [1.165, 1.54) is 22.2 Å². The lowest BCUT2D eigenvalue weighted by Gasteiger charge is -2.29. The lowest BCUT2D eigenvalue weighted by atomic mass is 10.1. The molecule has 0 bridgehead atoms. The van der Waals surface area contributed by atoms with Gasteiger partial charge in [0.1, 0.15) is 5.75 Å². The number of hydrogen-bond acceptors (Lipinski definition) is 3. The normalized spacial score (nSPS) is 16.2. The van der Waals surface area contributed by atoms with E-state index in [1.54, 1.807) is 7.11 Å². The highest BCUT2D eigenvalue weighted by Gasteiger charge is 2.17. The Labute approximate surface area is 107 Å². The van der Waals surface area contributed by atoms with Crippen molar-refractivity contribution in [2.45, 2.75) is 6.92 Å². The van der Waals surface area contributed by atoms with Crippen LogP contribution in [0.4, 0.5) is 5.69 Å². The first-order chi connectivity index (χ1) is 8.81. The second kappa shape index (κ2) is 4.53. The highest BCUT2D eigenvalue weighted by molar-refractivity contribution is 5.97. The molecule has 1 aromatic heterocycles. The number of aromatic nitrogens is 1. The number of aromatic amines is 1. The summed E-state index contributed by atoms with van der Waals surface area (Å²) >= 11 is 0. The quantitative estimate of drug-likeness (QED) is 0.849. The van der Waals surface area contributed by atoms with Gasteiger partial charge in [-0.15, -0.1) is 0 Å². The lowest BCUT2D eigenvalue weighted by Crippen LogP contribution is -2.43. The molecular weight excluding hydrogens is 226 g/mol.